The van der Waals surface area contributed by atoms with Gasteiger partial charge in [-0.3, -0.25) is 9.59 Å². The number of hydrogen-bond donors (Lipinski definition) is 1. The molecule has 3 aromatic rings. The number of anilines is 1. The molecular weight excluding hydrogens is 452 g/mol. The standard InChI is InChI=1S/C21H21BrN4O2S/c1-25(21(28)17-9-10-18(22)29-17)13-19(27)24-15-7-5-14(6-8-15)20-23-12-16-4-2-3-11-26(16)20/h5-10,12H,2-4,11,13H2,1H3,(H,24,27). The van der Waals surface area contributed by atoms with Crippen molar-refractivity contribution in [1.29, 1.82) is 0 Å². The van der Waals surface area contributed by atoms with Gasteiger partial charge in [0, 0.05) is 36.7 Å². The number of imidazole rings is 1. The van der Waals surface area contributed by atoms with Gasteiger partial charge in [0.2, 0.25) is 5.91 Å². The van der Waals surface area contributed by atoms with Crippen LogP contribution in [-0.2, 0) is 17.8 Å². The molecule has 2 aromatic heterocycles. The van der Waals surface area contributed by atoms with E-state index in [9.17, 15) is 9.59 Å². The van der Waals surface area contributed by atoms with Gasteiger partial charge in [-0.25, -0.2) is 4.98 Å². The molecule has 1 aromatic carbocycles. The van der Waals surface area contributed by atoms with E-state index in [2.05, 4.69) is 30.8 Å². The lowest BCUT2D eigenvalue weighted by atomic mass is 10.1. The molecule has 0 fully saturated rings. The second-order valence-corrected chi connectivity index (χ2v) is 9.54. The Morgan fingerprint density at radius 3 is 2.72 bits per heavy atom. The van der Waals surface area contributed by atoms with Gasteiger partial charge in [0.1, 0.15) is 5.82 Å². The summed E-state index contributed by atoms with van der Waals surface area (Å²) in [5.41, 5.74) is 3.02. The van der Waals surface area contributed by atoms with E-state index < -0.39 is 0 Å². The molecule has 1 aliphatic rings. The van der Waals surface area contributed by atoms with Crippen LogP contribution in [0.15, 0.2) is 46.4 Å². The molecule has 3 heterocycles. The predicted molar refractivity (Wildman–Crippen MR) is 118 cm³/mol. The van der Waals surface area contributed by atoms with Gasteiger partial charge in [-0.2, -0.15) is 0 Å². The first kappa shape index (κ1) is 19.8. The van der Waals surface area contributed by atoms with Crippen molar-refractivity contribution in [2.45, 2.75) is 25.8 Å². The van der Waals surface area contributed by atoms with Crippen molar-refractivity contribution in [3.8, 4) is 11.4 Å². The normalized spacial score (nSPS) is 13.0. The summed E-state index contributed by atoms with van der Waals surface area (Å²) in [7, 11) is 1.63. The van der Waals surface area contributed by atoms with Crippen LogP contribution in [0.25, 0.3) is 11.4 Å². The number of carbonyl (C=O) groups excluding carboxylic acids is 2. The maximum Gasteiger partial charge on any atom is 0.264 e. The summed E-state index contributed by atoms with van der Waals surface area (Å²) < 4.78 is 3.16. The highest BCUT2D eigenvalue weighted by Gasteiger charge is 2.18. The first-order valence-electron chi connectivity index (χ1n) is 9.47. The van der Waals surface area contributed by atoms with Crippen molar-refractivity contribution in [2.24, 2.45) is 0 Å². The van der Waals surface area contributed by atoms with E-state index in [0.717, 1.165) is 28.1 Å². The van der Waals surface area contributed by atoms with E-state index in [4.69, 9.17) is 0 Å². The first-order chi connectivity index (χ1) is 14.0. The number of hydrogen-bond acceptors (Lipinski definition) is 4. The zero-order chi connectivity index (χ0) is 20.4. The second-order valence-electron chi connectivity index (χ2n) is 7.07. The van der Waals surface area contributed by atoms with Gasteiger partial charge in [-0.05, 0) is 71.6 Å². The van der Waals surface area contributed by atoms with Crippen LogP contribution in [-0.4, -0.2) is 39.9 Å². The third kappa shape index (κ3) is 4.43. The minimum absolute atomic E-state index is 0.0100. The number of carbonyl (C=O) groups is 2. The number of halogens is 1. The van der Waals surface area contributed by atoms with Gasteiger partial charge in [0.15, 0.2) is 0 Å². The highest BCUT2D eigenvalue weighted by molar-refractivity contribution is 9.11. The Labute approximate surface area is 181 Å². The fraction of sp³-hybridized carbons (Fsp3) is 0.286. The smallest absolute Gasteiger partial charge is 0.264 e. The largest absolute Gasteiger partial charge is 0.332 e. The molecule has 4 rings (SSSR count). The number of aromatic nitrogens is 2. The van der Waals surface area contributed by atoms with Crippen LogP contribution < -0.4 is 5.32 Å². The van der Waals surface area contributed by atoms with Crippen LogP contribution in [0.1, 0.15) is 28.2 Å². The van der Waals surface area contributed by atoms with E-state index in [1.165, 1.54) is 34.8 Å². The molecule has 0 saturated carbocycles. The molecule has 150 valence electrons. The van der Waals surface area contributed by atoms with Crippen LogP contribution >= 0.6 is 27.3 Å². The van der Waals surface area contributed by atoms with E-state index in [-0.39, 0.29) is 18.4 Å². The Morgan fingerprint density at radius 1 is 1.21 bits per heavy atom. The van der Waals surface area contributed by atoms with E-state index in [1.54, 1.807) is 13.1 Å². The lowest BCUT2D eigenvalue weighted by molar-refractivity contribution is -0.116. The number of likely N-dealkylation sites (N-methyl/N-ethyl adjacent to an activating group) is 1. The molecule has 6 nitrogen and oxygen atoms in total. The zero-order valence-corrected chi connectivity index (χ0v) is 18.4. The Morgan fingerprint density at radius 2 is 2.00 bits per heavy atom. The molecular formula is C21H21BrN4O2S. The van der Waals surface area contributed by atoms with Crippen molar-refractivity contribution in [3.05, 3.63) is 57.0 Å². The Bertz CT molecular complexity index is 1040. The highest BCUT2D eigenvalue weighted by Crippen LogP contribution is 2.26. The molecule has 0 radical (unpaired) electrons. The maximum atomic E-state index is 12.4. The SMILES string of the molecule is CN(CC(=O)Nc1ccc(-c2ncc3n2CCCC3)cc1)C(=O)c1ccc(Br)s1. The molecule has 0 saturated heterocycles. The van der Waals surface area contributed by atoms with Crippen LogP contribution in [0.5, 0.6) is 0 Å². The summed E-state index contributed by atoms with van der Waals surface area (Å²) in [5.74, 6) is 0.572. The number of thiophene rings is 1. The van der Waals surface area contributed by atoms with Gasteiger partial charge in [0.25, 0.3) is 5.91 Å². The number of nitrogens with zero attached hydrogens (tertiary/aromatic N) is 3. The number of rotatable bonds is 5. The van der Waals surface area contributed by atoms with Gasteiger partial charge >= 0.3 is 0 Å². The van der Waals surface area contributed by atoms with Gasteiger partial charge < -0.3 is 14.8 Å². The van der Waals surface area contributed by atoms with Crippen LogP contribution in [0, 0.1) is 0 Å². The fourth-order valence-corrected chi connectivity index (χ4v) is 4.85. The minimum atomic E-state index is -0.234. The number of nitrogens with one attached hydrogen (secondary N) is 1. The predicted octanol–water partition coefficient (Wildman–Crippen LogP) is 4.42. The molecule has 0 atom stereocenters. The average molecular weight is 473 g/mol. The highest BCUT2D eigenvalue weighted by atomic mass is 79.9. The summed E-state index contributed by atoms with van der Waals surface area (Å²) in [5, 5.41) is 2.85. The van der Waals surface area contributed by atoms with E-state index in [1.807, 2.05) is 36.5 Å². The topological polar surface area (TPSA) is 67.2 Å². The van der Waals surface area contributed by atoms with Crippen LogP contribution in [0.3, 0.4) is 0 Å². The van der Waals surface area contributed by atoms with Gasteiger partial charge in [0.05, 0.1) is 15.2 Å². The van der Waals surface area contributed by atoms with Crippen molar-refractivity contribution in [1.82, 2.24) is 14.5 Å². The molecule has 0 bridgehead atoms. The molecule has 1 N–H and O–H groups in total. The summed E-state index contributed by atoms with van der Waals surface area (Å²) in [4.78, 5) is 31.3. The molecule has 0 aliphatic carbocycles. The minimum Gasteiger partial charge on any atom is -0.332 e. The number of benzene rings is 1. The summed E-state index contributed by atoms with van der Waals surface area (Å²) in [6, 6.07) is 11.3. The first-order valence-corrected chi connectivity index (χ1v) is 11.1. The molecule has 0 unspecified atom stereocenters. The number of amides is 2. The lowest BCUT2D eigenvalue weighted by Gasteiger charge is -2.17. The second kappa shape index (κ2) is 8.51. The number of fused-ring (bicyclic) bond motifs is 1. The monoisotopic (exact) mass is 472 g/mol. The van der Waals surface area contributed by atoms with E-state index in [0.29, 0.717) is 10.6 Å². The molecule has 2 amide bonds. The van der Waals surface area contributed by atoms with Crippen molar-refractivity contribution in [3.63, 3.8) is 0 Å². The third-order valence-electron chi connectivity index (χ3n) is 4.94. The fourth-order valence-electron chi connectivity index (χ4n) is 3.47. The average Bonchev–Trinajstić information content (AvgIpc) is 3.34. The Balaban J connectivity index is 1.38. The zero-order valence-electron chi connectivity index (χ0n) is 16.0. The molecule has 1 aliphatic heterocycles. The quantitative estimate of drug-likeness (QED) is 0.597. The van der Waals surface area contributed by atoms with Crippen LogP contribution in [0.2, 0.25) is 0 Å². The summed E-state index contributed by atoms with van der Waals surface area (Å²) >= 11 is 4.70. The summed E-state index contributed by atoms with van der Waals surface area (Å²) in [6.45, 7) is 0.994. The lowest BCUT2D eigenvalue weighted by Crippen LogP contribution is -2.34. The maximum absolute atomic E-state index is 12.4. The Kier molecular flexibility index (Phi) is 5.82. The molecule has 0 spiro atoms. The molecule has 29 heavy (non-hydrogen) atoms. The number of aryl methyl sites for hydroxylation is 1. The van der Waals surface area contributed by atoms with Crippen LogP contribution in [0.4, 0.5) is 5.69 Å². The van der Waals surface area contributed by atoms with Crippen molar-refractivity contribution < 1.29 is 9.59 Å². The van der Waals surface area contributed by atoms with Gasteiger partial charge in [-0.1, -0.05) is 0 Å². The third-order valence-corrected chi connectivity index (χ3v) is 6.55. The molecule has 8 heteroatoms. The van der Waals surface area contributed by atoms with Crippen molar-refractivity contribution >= 4 is 44.8 Å². The summed E-state index contributed by atoms with van der Waals surface area (Å²) in [6.07, 6.45) is 5.44. The van der Waals surface area contributed by atoms with E-state index >= 15 is 0 Å². The van der Waals surface area contributed by atoms with Crippen molar-refractivity contribution in [2.75, 3.05) is 18.9 Å². The van der Waals surface area contributed by atoms with Gasteiger partial charge in [-0.15, -0.1) is 11.3 Å². The Hall–Kier alpha value is -2.45.